The van der Waals surface area contributed by atoms with Gasteiger partial charge in [-0.3, -0.25) is 0 Å². The predicted octanol–water partition coefficient (Wildman–Crippen LogP) is 13.2. The van der Waals surface area contributed by atoms with Gasteiger partial charge in [0.15, 0.2) is 7.14 Å². The van der Waals surface area contributed by atoms with Crippen molar-refractivity contribution in [3.63, 3.8) is 0 Å². The zero-order valence-electron chi connectivity index (χ0n) is 32.3. The second-order valence-corrected chi connectivity index (χ2v) is 19.1. The Kier molecular flexibility index (Phi) is 6.99. The smallest absolute Gasteiger partial charge is 0.172 e. The van der Waals surface area contributed by atoms with Crippen molar-refractivity contribution in [1.29, 1.82) is 0 Å². The first kappa shape index (κ1) is 33.4. The highest BCUT2D eigenvalue weighted by Gasteiger charge is 2.42. The summed E-state index contributed by atoms with van der Waals surface area (Å²) in [5.41, 5.74) is 15.5. The van der Waals surface area contributed by atoms with E-state index in [-0.39, 0.29) is 5.41 Å². The van der Waals surface area contributed by atoms with Gasteiger partial charge in [0.2, 0.25) is 0 Å². The SMILES string of the molecule is CC1(C)c2ccc(-c3ccc(-n4c5ccccc5c5c6c(ccc54)-c4ccccc4P6(=O)c4ccccc4)cc3)cc2-c2cc(-c3cccc4ccccc34)ccc21. The van der Waals surface area contributed by atoms with Crippen LogP contribution >= 0.6 is 7.14 Å². The number of hydrogen-bond donors (Lipinski definition) is 0. The third-order valence-corrected chi connectivity index (χ3v) is 16.2. The van der Waals surface area contributed by atoms with Gasteiger partial charge in [-0.15, -0.1) is 0 Å². The molecule has 0 spiro atoms. The minimum Gasteiger partial charge on any atom is -0.309 e. The van der Waals surface area contributed by atoms with Crippen molar-refractivity contribution >= 4 is 55.6 Å². The second-order valence-electron chi connectivity index (χ2n) is 16.4. The summed E-state index contributed by atoms with van der Waals surface area (Å²) in [5.74, 6) is 0. The molecule has 2 nitrogen and oxygen atoms in total. The molecule has 1 atom stereocenters. The largest absolute Gasteiger partial charge is 0.309 e. The molecule has 0 N–H and O–H groups in total. The summed E-state index contributed by atoms with van der Waals surface area (Å²) in [7, 11) is -3.16. The summed E-state index contributed by atoms with van der Waals surface area (Å²) in [6.45, 7) is 4.70. The van der Waals surface area contributed by atoms with Gasteiger partial charge in [0.1, 0.15) is 0 Å². The molecule has 0 bridgehead atoms. The predicted molar refractivity (Wildman–Crippen MR) is 245 cm³/mol. The fourth-order valence-electron chi connectivity index (χ4n) is 10.3. The molecular weight excluding hydrogens is 722 g/mol. The van der Waals surface area contributed by atoms with Crippen LogP contribution < -0.4 is 15.9 Å². The lowest BCUT2D eigenvalue weighted by Crippen LogP contribution is -2.21. The quantitative estimate of drug-likeness (QED) is 0.164. The van der Waals surface area contributed by atoms with Crippen LogP contribution in [-0.4, -0.2) is 4.57 Å². The van der Waals surface area contributed by atoms with Crippen LogP contribution in [0.2, 0.25) is 0 Å². The highest BCUT2D eigenvalue weighted by atomic mass is 31.2. The van der Waals surface area contributed by atoms with Gasteiger partial charge in [-0.2, -0.15) is 0 Å². The highest BCUT2D eigenvalue weighted by Crippen LogP contribution is 2.55. The molecule has 2 heterocycles. The van der Waals surface area contributed by atoms with E-state index in [0.29, 0.717) is 0 Å². The maximum Gasteiger partial charge on any atom is 0.172 e. The summed E-state index contributed by atoms with van der Waals surface area (Å²) < 4.78 is 18.1. The van der Waals surface area contributed by atoms with Crippen LogP contribution in [0.15, 0.2) is 194 Å². The molecule has 0 fully saturated rings. The summed E-state index contributed by atoms with van der Waals surface area (Å²) >= 11 is 0. The Labute approximate surface area is 338 Å². The normalized spacial score (nSPS) is 16.0. The lowest BCUT2D eigenvalue weighted by Gasteiger charge is -2.21. The Morgan fingerprint density at radius 3 is 1.88 bits per heavy atom. The van der Waals surface area contributed by atoms with Crippen molar-refractivity contribution in [2.45, 2.75) is 19.3 Å². The number of para-hydroxylation sites is 1. The summed E-state index contributed by atoms with van der Waals surface area (Å²) in [4.78, 5) is 0. The van der Waals surface area contributed by atoms with Crippen LogP contribution in [0.1, 0.15) is 25.0 Å². The molecule has 1 unspecified atom stereocenters. The van der Waals surface area contributed by atoms with E-state index in [1.54, 1.807) is 0 Å². The maximum atomic E-state index is 15.8. The zero-order chi connectivity index (χ0) is 38.8. The first-order valence-corrected chi connectivity index (χ1v) is 21.8. The molecule has 0 radical (unpaired) electrons. The lowest BCUT2D eigenvalue weighted by molar-refractivity contribution is 0.593. The fourth-order valence-corrected chi connectivity index (χ4v) is 13.5. The molecule has 1 aromatic heterocycles. The van der Waals surface area contributed by atoms with Crippen molar-refractivity contribution in [1.82, 2.24) is 4.57 Å². The first-order chi connectivity index (χ1) is 28.4. The second kappa shape index (κ2) is 12.1. The molecule has 3 heteroatoms. The average Bonchev–Trinajstić information content (AvgIpc) is 3.84. The van der Waals surface area contributed by atoms with Crippen LogP contribution in [0.3, 0.4) is 0 Å². The molecule has 274 valence electrons. The minimum atomic E-state index is -3.16. The van der Waals surface area contributed by atoms with E-state index >= 15 is 4.57 Å². The van der Waals surface area contributed by atoms with Gasteiger partial charge in [0, 0.05) is 37.8 Å². The topological polar surface area (TPSA) is 22.0 Å². The van der Waals surface area contributed by atoms with E-state index in [1.165, 1.54) is 55.3 Å². The first-order valence-electron chi connectivity index (χ1n) is 20.1. The Morgan fingerprint density at radius 2 is 1.07 bits per heavy atom. The van der Waals surface area contributed by atoms with Gasteiger partial charge in [-0.25, -0.2) is 0 Å². The van der Waals surface area contributed by atoms with Gasteiger partial charge in [-0.1, -0.05) is 172 Å². The van der Waals surface area contributed by atoms with E-state index in [2.05, 4.69) is 176 Å². The zero-order valence-corrected chi connectivity index (χ0v) is 33.2. The maximum absolute atomic E-state index is 15.8. The molecule has 0 amide bonds. The van der Waals surface area contributed by atoms with Crippen molar-refractivity contribution < 1.29 is 4.57 Å². The summed E-state index contributed by atoms with van der Waals surface area (Å²) in [5, 5.41) is 7.48. The number of benzene rings is 9. The van der Waals surface area contributed by atoms with Crippen LogP contribution in [0.4, 0.5) is 0 Å². The monoisotopic (exact) mass is 759 g/mol. The Morgan fingerprint density at radius 1 is 0.448 bits per heavy atom. The molecule has 2 aliphatic rings. The van der Waals surface area contributed by atoms with Crippen LogP contribution in [0.25, 0.3) is 82.8 Å². The van der Waals surface area contributed by atoms with E-state index in [9.17, 15) is 0 Å². The van der Waals surface area contributed by atoms with Crippen LogP contribution in [0.5, 0.6) is 0 Å². The number of rotatable bonds is 4. The number of aromatic nitrogens is 1. The number of nitrogens with zero attached hydrogens (tertiary/aromatic N) is 1. The van der Waals surface area contributed by atoms with Gasteiger partial charge in [0.05, 0.1) is 11.0 Å². The molecule has 58 heavy (non-hydrogen) atoms. The Balaban J connectivity index is 0.986. The number of fused-ring (bicyclic) bond motifs is 11. The third-order valence-electron chi connectivity index (χ3n) is 13.0. The molecular formula is C55H38NOP. The summed E-state index contributed by atoms with van der Waals surface area (Å²) in [6.07, 6.45) is 0. The minimum absolute atomic E-state index is 0.0904. The summed E-state index contributed by atoms with van der Waals surface area (Å²) in [6, 6.07) is 69.7. The molecule has 1 aliphatic carbocycles. The van der Waals surface area contributed by atoms with Crippen molar-refractivity contribution in [3.8, 4) is 50.2 Å². The molecule has 9 aromatic carbocycles. The molecule has 10 aromatic rings. The van der Waals surface area contributed by atoms with E-state index in [1.807, 2.05) is 36.4 Å². The van der Waals surface area contributed by atoms with Gasteiger partial charge in [-0.05, 0) is 103 Å². The highest BCUT2D eigenvalue weighted by molar-refractivity contribution is 7.86. The van der Waals surface area contributed by atoms with E-state index in [4.69, 9.17) is 0 Å². The van der Waals surface area contributed by atoms with Gasteiger partial charge < -0.3 is 9.13 Å². The van der Waals surface area contributed by atoms with Crippen molar-refractivity contribution in [3.05, 3.63) is 205 Å². The average molecular weight is 760 g/mol. The Hall–Kier alpha value is -6.73. The molecule has 1 aliphatic heterocycles. The van der Waals surface area contributed by atoms with Crippen LogP contribution in [0, 0.1) is 0 Å². The fraction of sp³-hybridized carbons (Fsp3) is 0.0545. The molecule has 0 saturated carbocycles. The van der Waals surface area contributed by atoms with Crippen molar-refractivity contribution in [2.75, 3.05) is 0 Å². The number of hydrogen-bond acceptors (Lipinski definition) is 1. The third kappa shape index (κ3) is 4.53. The standard InChI is InChI=1S/C55H38NOP/c1-55(2)48-30-25-37(33-46(48)47-34-38(26-31-49(47)55)42-20-12-14-36-13-6-7-17-41(36)42)35-23-27-39(28-24-35)56-50-21-10-8-19-45(50)53-51(56)32-29-44-43-18-9-11-22-52(43)58(57,54(44)53)40-15-4-3-5-16-40/h3-34H,1-2H3. The lowest BCUT2D eigenvalue weighted by atomic mass is 9.82. The molecule has 12 rings (SSSR count). The molecule has 0 saturated heterocycles. The van der Waals surface area contributed by atoms with E-state index in [0.717, 1.165) is 54.5 Å². The van der Waals surface area contributed by atoms with Crippen LogP contribution in [-0.2, 0) is 9.98 Å². The Bertz CT molecular complexity index is 3380. The van der Waals surface area contributed by atoms with E-state index < -0.39 is 7.14 Å². The van der Waals surface area contributed by atoms with Gasteiger partial charge >= 0.3 is 0 Å². The van der Waals surface area contributed by atoms with Gasteiger partial charge in [0.25, 0.3) is 0 Å². The van der Waals surface area contributed by atoms with Crippen molar-refractivity contribution in [2.24, 2.45) is 0 Å².